The third-order valence-electron chi connectivity index (χ3n) is 5.46. The van der Waals surface area contributed by atoms with Crippen LogP contribution in [0.15, 0.2) is 66.2 Å². The molecule has 0 spiro atoms. The van der Waals surface area contributed by atoms with Crippen molar-refractivity contribution in [1.29, 1.82) is 0 Å². The van der Waals surface area contributed by atoms with Gasteiger partial charge < -0.3 is 20.1 Å². The van der Waals surface area contributed by atoms with Crippen molar-refractivity contribution in [3.8, 4) is 17.2 Å². The molecule has 3 N–H and O–H groups in total. The topological polar surface area (TPSA) is 107 Å². The number of aliphatic hydroxyl groups is 1. The van der Waals surface area contributed by atoms with Crippen molar-refractivity contribution in [2.45, 2.75) is 13.0 Å². The molecule has 168 valence electrons. The van der Waals surface area contributed by atoms with Crippen LogP contribution < -0.4 is 9.64 Å². The number of carbonyl (C=O) groups is 2. The van der Waals surface area contributed by atoms with Crippen LogP contribution in [-0.2, 0) is 9.59 Å². The second-order valence-electron chi connectivity index (χ2n) is 7.60. The van der Waals surface area contributed by atoms with Crippen molar-refractivity contribution in [1.82, 2.24) is 0 Å². The van der Waals surface area contributed by atoms with Gasteiger partial charge in [-0.05, 0) is 60.5 Å². The van der Waals surface area contributed by atoms with E-state index < -0.39 is 29.3 Å². The molecule has 3 aromatic rings. The molecule has 7 nitrogen and oxygen atoms in total. The van der Waals surface area contributed by atoms with E-state index in [1.54, 1.807) is 13.0 Å². The van der Waals surface area contributed by atoms with Gasteiger partial charge in [0.05, 0.1) is 30.0 Å². The van der Waals surface area contributed by atoms with Crippen LogP contribution in [0, 0.1) is 12.7 Å². The minimum atomic E-state index is -1.16. The number of aliphatic hydroxyl groups excluding tert-OH is 1. The lowest BCUT2D eigenvalue weighted by Crippen LogP contribution is -2.29. The van der Waals surface area contributed by atoms with Crippen LogP contribution >= 0.6 is 0 Å². The molecular weight excluding hydrogens is 429 g/mol. The summed E-state index contributed by atoms with van der Waals surface area (Å²) in [5.74, 6) is -3.48. The fraction of sp³-hybridized carbons (Fsp3) is 0.120. The normalized spacial score (nSPS) is 17.4. The zero-order chi connectivity index (χ0) is 23.9. The standard InChI is InChI=1S/C25H20FNO6/c1-13-3-9-19(29)18(11-13)27-22(14-4-7-16(28)8-5-14)21(24(31)25(27)32)23(30)17-12-15(26)6-10-20(17)33-2/h3-12,22,28-30H,1-2H3/b23-21+. The minimum absolute atomic E-state index is 0.0408. The molecule has 0 saturated carbocycles. The van der Waals surface area contributed by atoms with Crippen LogP contribution in [0.5, 0.6) is 17.2 Å². The zero-order valence-corrected chi connectivity index (χ0v) is 17.7. The molecule has 8 heteroatoms. The lowest BCUT2D eigenvalue weighted by atomic mass is 9.94. The molecule has 1 aliphatic heterocycles. The van der Waals surface area contributed by atoms with Gasteiger partial charge in [-0.1, -0.05) is 18.2 Å². The van der Waals surface area contributed by atoms with Crippen molar-refractivity contribution < 1.29 is 34.0 Å². The molecule has 0 bridgehead atoms. The van der Waals surface area contributed by atoms with Gasteiger partial charge in [-0.25, -0.2) is 4.39 Å². The van der Waals surface area contributed by atoms with Crippen LogP contribution in [0.25, 0.3) is 5.76 Å². The molecule has 1 heterocycles. The Morgan fingerprint density at radius 1 is 1.00 bits per heavy atom. The van der Waals surface area contributed by atoms with Crippen molar-refractivity contribution >= 4 is 23.1 Å². The van der Waals surface area contributed by atoms with Crippen molar-refractivity contribution in [2.24, 2.45) is 0 Å². The molecule has 33 heavy (non-hydrogen) atoms. The van der Waals surface area contributed by atoms with Gasteiger partial charge in [0.15, 0.2) is 0 Å². The monoisotopic (exact) mass is 449 g/mol. The fourth-order valence-electron chi connectivity index (χ4n) is 3.89. The largest absolute Gasteiger partial charge is 0.508 e. The van der Waals surface area contributed by atoms with Gasteiger partial charge in [0.1, 0.15) is 28.8 Å². The highest BCUT2D eigenvalue weighted by atomic mass is 19.1. The second kappa shape index (κ2) is 8.31. The van der Waals surface area contributed by atoms with Crippen LogP contribution in [0.3, 0.4) is 0 Å². The van der Waals surface area contributed by atoms with Crippen LogP contribution in [0.1, 0.15) is 22.7 Å². The van der Waals surface area contributed by atoms with Crippen LogP contribution in [0.4, 0.5) is 10.1 Å². The SMILES string of the molecule is COc1ccc(F)cc1/C(O)=C1\C(=O)C(=O)N(c2cc(C)ccc2O)C1c1ccc(O)cc1. The predicted octanol–water partition coefficient (Wildman–Crippen LogP) is 4.18. The summed E-state index contributed by atoms with van der Waals surface area (Å²) in [6, 6.07) is 12.6. The maximum absolute atomic E-state index is 14.0. The summed E-state index contributed by atoms with van der Waals surface area (Å²) in [5.41, 5.74) is 0.759. The number of benzene rings is 3. The number of rotatable bonds is 4. The van der Waals surface area contributed by atoms with Gasteiger partial charge >= 0.3 is 0 Å². The van der Waals surface area contributed by atoms with Gasteiger partial charge in [-0.3, -0.25) is 14.5 Å². The first kappa shape index (κ1) is 21.9. The van der Waals surface area contributed by atoms with Gasteiger partial charge in [0.25, 0.3) is 11.7 Å². The van der Waals surface area contributed by atoms with E-state index >= 15 is 0 Å². The van der Waals surface area contributed by atoms with E-state index in [-0.39, 0.29) is 34.1 Å². The van der Waals surface area contributed by atoms with Crippen molar-refractivity contribution in [3.63, 3.8) is 0 Å². The molecule has 1 saturated heterocycles. The fourth-order valence-corrected chi connectivity index (χ4v) is 3.89. The highest BCUT2D eigenvalue weighted by Gasteiger charge is 2.48. The van der Waals surface area contributed by atoms with E-state index in [4.69, 9.17) is 4.74 Å². The molecule has 1 amide bonds. The summed E-state index contributed by atoms with van der Waals surface area (Å²) in [7, 11) is 1.32. The van der Waals surface area contributed by atoms with Gasteiger partial charge in [0.2, 0.25) is 0 Å². The molecule has 1 fully saturated rings. The number of halogens is 1. The summed E-state index contributed by atoms with van der Waals surface area (Å²) < 4.78 is 19.2. The number of Topliss-reactive ketones (excluding diaryl/α,β-unsaturated/α-hetero) is 1. The third-order valence-corrected chi connectivity index (χ3v) is 5.46. The Bertz CT molecular complexity index is 1300. The molecule has 0 aliphatic carbocycles. The number of hydrogen-bond donors (Lipinski definition) is 3. The molecule has 1 unspecified atom stereocenters. The maximum Gasteiger partial charge on any atom is 0.300 e. The second-order valence-corrected chi connectivity index (χ2v) is 7.60. The zero-order valence-electron chi connectivity index (χ0n) is 17.7. The van der Waals surface area contributed by atoms with Crippen LogP contribution in [-0.4, -0.2) is 34.1 Å². The van der Waals surface area contributed by atoms with Gasteiger partial charge in [-0.2, -0.15) is 0 Å². The third kappa shape index (κ3) is 3.76. The average Bonchev–Trinajstić information content (AvgIpc) is 3.06. The smallest absolute Gasteiger partial charge is 0.300 e. The quantitative estimate of drug-likeness (QED) is 0.313. The number of phenols is 2. The van der Waals surface area contributed by atoms with E-state index in [0.717, 1.165) is 22.6 Å². The average molecular weight is 449 g/mol. The minimum Gasteiger partial charge on any atom is -0.508 e. The molecular formula is C25H20FNO6. The number of phenolic OH excluding ortho intramolecular Hbond substituents is 2. The number of nitrogens with zero attached hydrogens (tertiary/aromatic N) is 1. The predicted molar refractivity (Wildman–Crippen MR) is 119 cm³/mol. The van der Waals surface area contributed by atoms with E-state index in [1.807, 2.05) is 0 Å². The lowest BCUT2D eigenvalue weighted by Gasteiger charge is -2.26. The van der Waals surface area contributed by atoms with E-state index in [2.05, 4.69) is 0 Å². The summed E-state index contributed by atoms with van der Waals surface area (Å²) in [4.78, 5) is 27.4. The Hall–Kier alpha value is -4.33. The molecule has 0 radical (unpaired) electrons. The Kier molecular flexibility index (Phi) is 5.51. The highest BCUT2D eigenvalue weighted by molar-refractivity contribution is 6.52. The Labute approximate surface area is 188 Å². The van der Waals surface area contributed by atoms with E-state index in [1.165, 1.54) is 49.6 Å². The molecule has 4 rings (SSSR count). The lowest BCUT2D eigenvalue weighted by molar-refractivity contribution is -0.132. The van der Waals surface area contributed by atoms with Gasteiger partial charge in [-0.15, -0.1) is 0 Å². The number of anilines is 1. The summed E-state index contributed by atoms with van der Waals surface area (Å²) in [6.07, 6.45) is 0. The van der Waals surface area contributed by atoms with Crippen LogP contribution in [0.2, 0.25) is 0 Å². The Balaban J connectivity index is 2.02. The van der Waals surface area contributed by atoms with Gasteiger partial charge in [0, 0.05) is 0 Å². The molecule has 1 aliphatic rings. The number of ether oxygens (including phenoxy) is 1. The Morgan fingerprint density at radius 2 is 1.70 bits per heavy atom. The maximum atomic E-state index is 14.0. The van der Waals surface area contributed by atoms with Crippen molar-refractivity contribution in [3.05, 3.63) is 88.7 Å². The number of hydrogen-bond acceptors (Lipinski definition) is 6. The molecule has 3 aromatic carbocycles. The molecule has 0 aromatic heterocycles. The number of carbonyl (C=O) groups excluding carboxylic acids is 2. The number of aryl methyl sites for hydroxylation is 1. The number of ketones is 1. The first-order valence-electron chi connectivity index (χ1n) is 9.96. The van der Waals surface area contributed by atoms with Crippen molar-refractivity contribution in [2.75, 3.05) is 12.0 Å². The Morgan fingerprint density at radius 3 is 2.36 bits per heavy atom. The summed E-state index contributed by atoms with van der Waals surface area (Å²) >= 11 is 0. The highest BCUT2D eigenvalue weighted by Crippen LogP contribution is 2.46. The first-order valence-corrected chi connectivity index (χ1v) is 9.96. The molecule has 1 atom stereocenters. The van der Waals surface area contributed by atoms with E-state index in [0.29, 0.717) is 5.56 Å². The summed E-state index contributed by atoms with van der Waals surface area (Å²) in [6.45, 7) is 1.76. The number of amides is 1. The number of methoxy groups -OCH3 is 1. The summed E-state index contributed by atoms with van der Waals surface area (Å²) in [5, 5.41) is 31.3. The first-order chi connectivity index (χ1) is 15.7. The van der Waals surface area contributed by atoms with E-state index in [9.17, 15) is 29.3 Å². The number of aromatic hydroxyl groups is 2.